The molecular weight excluding hydrogens is 236 g/mol. The maximum Gasteiger partial charge on any atom is 0.228 e. The third-order valence-electron chi connectivity index (χ3n) is 4.78. The van der Waals surface area contributed by atoms with Gasteiger partial charge < -0.3 is 10.6 Å². The molecule has 1 heterocycles. The molecule has 19 heavy (non-hydrogen) atoms. The van der Waals surface area contributed by atoms with Crippen LogP contribution in [-0.2, 0) is 4.79 Å². The van der Waals surface area contributed by atoms with Gasteiger partial charge in [-0.15, -0.1) is 0 Å². The lowest BCUT2D eigenvalue weighted by molar-refractivity contribution is -0.135. The highest BCUT2D eigenvalue weighted by Gasteiger charge is 2.49. The third kappa shape index (κ3) is 2.27. The van der Waals surface area contributed by atoms with E-state index in [1.54, 1.807) is 0 Å². The van der Waals surface area contributed by atoms with Gasteiger partial charge in [0.25, 0.3) is 0 Å². The van der Waals surface area contributed by atoms with Crippen molar-refractivity contribution in [2.45, 2.75) is 25.7 Å². The molecule has 1 saturated heterocycles. The van der Waals surface area contributed by atoms with Gasteiger partial charge in [-0.3, -0.25) is 4.79 Å². The monoisotopic (exact) mass is 258 g/mol. The first-order valence-electron chi connectivity index (χ1n) is 7.18. The summed E-state index contributed by atoms with van der Waals surface area (Å²) in [7, 11) is 0. The molecule has 3 nitrogen and oxygen atoms in total. The zero-order valence-electron chi connectivity index (χ0n) is 11.5. The second kappa shape index (κ2) is 4.64. The van der Waals surface area contributed by atoms with Crippen LogP contribution in [0.3, 0.4) is 0 Å². The fourth-order valence-corrected chi connectivity index (χ4v) is 3.14. The normalized spacial score (nSPS) is 28.4. The van der Waals surface area contributed by atoms with Crippen LogP contribution in [0.5, 0.6) is 0 Å². The summed E-state index contributed by atoms with van der Waals surface area (Å²) in [5, 5.41) is 0. The Labute approximate surface area is 114 Å². The van der Waals surface area contributed by atoms with E-state index in [4.69, 9.17) is 5.73 Å². The van der Waals surface area contributed by atoms with E-state index in [1.807, 2.05) is 11.0 Å². The van der Waals surface area contributed by atoms with Crippen molar-refractivity contribution in [3.8, 4) is 0 Å². The molecule has 0 radical (unpaired) electrons. The molecule has 0 spiro atoms. The van der Waals surface area contributed by atoms with Crippen LogP contribution in [0.25, 0.3) is 0 Å². The number of carbonyl (C=O) groups excluding carboxylic acids is 1. The zero-order valence-corrected chi connectivity index (χ0v) is 11.5. The van der Waals surface area contributed by atoms with Crippen LogP contribution in [0.4, 0.5) is 0 Å². The van der Waals surface area contributed by atoms with Crippen LogP contribution in [0, 0.1) is 11.3 Å². The van der Waals surface area contributed by atoms with Crippen LogP contribution in [0.15, 0.2) is 30.3 Å². The topological polar surface area (TPSA) is 46.3 Å². The third-order valence-corrected chi connectivity index (χ3v) is 4.78. The Morgan fingerprint density at radius 1 is 1.32 bits per heavy atom. The van der Waals surface area contributed by atoms with Crippen molar-refractivity contribution >= 4 is 5.91 Å². The molecule has 1 aliphatic heterocycles. The van der Waals surface area contributed by atoms with Gasteiger partial charge in [-0.25, -0.2) is 0 Å². The number of amides is 1. The molecule has 1 aromatic carbocycles. The highest BCUT2D eigenvalue weighted by Crippen LogP contribution is 2.48. The van der Waals surface area contributed by atoms with Gasteiger partial charge >= 0.3 is 0 Å². The highest BCUT2D eigenvalue weighted by atomic mass is 16.2. The summed E-state index contributed by atoms with van der Waals surface area (Å²) < 4.78 is 0. The van der Waals surface area contributed by atoms with E-state index in [9.17, 15) is 4.79 Å². The van der Waals surface area contributed by atoms with Crippen molar-refractivity contribution in [1.29, 1.82) is 0 Å². The fraction of sp³-hybridized carbons (Fsp3) is 0.562. The molecule has 1 aliphatic carbocycles. The van der Waals surface area contributed by atoms with E-state index >= 15 is 0 Å². The van der Waals surface area contributed by atoms with Gasteiger partial charge in [0.1, 0.15) is 0 Å². The molecule has 2 N–H and O–H groups in total. The van der Waals surface area contributed by atoms with Gasteiger partial charge in [-0.1, -0.05) is 37.3 Å². The van der Waals surface area contributed by atoms with E-state index in [1.165, 1.54) is 5.56 Å². The van der Waals surface area contributed by atoms with E-state index in [0.29, 0.717) is 24.3 Å². The lowest BCUT2D eigenvalue weighted by Gasteiger charge is -2.20. The van der Waals surface area contributed by atoms with Crippen LogP contribution in [0.2, 0.25) is 0 Å². The standard InChI is InChI=1S/C16H22N2O/c1-16(7-8-16)15(19)18-10-13(9-17)14(11-18)12-5-3-2-4-6-12/h2-6,13-14H,7-11,17H2,1H3/t13-,14+/m1/s1. The molecule has 1 aromatic rings. The average Bonchev–Trinajstić information content (AvgIpc) is 3.06. The molecule has 3 heteroatoms. The first-order chi connectivity index (χ1) is 9.14. The molecule has 2 aliphatic rings. The molecular formula is C16H22N2O. The Kier molecular flexibility index (Phi) is 3.09. The van der Waals surface area contributed by atoms with Crippen LogP contribution in [-0.4, -0.2) is 30.4 Å². The van der Waals surface area contributed by atoms with Crippen molar-refractivity contribution in [2.24, 2.45) is 17.1 Å². The maximum absolute atomic E-state index is 12.5. The predicted octanol–water partition coefficient (Wildman–Crippen LogP) is 1.99. The van der Waals surface area contributed by atoms with E-state index in [2.05, 4.69) is 31.2 Å². The maximum atomic E-state index is 12.5. The summed E-state index contributed by atoms with van der Waals surface area (Å²) in [5.74, 6) is 1.13. The number of nitrogens with zero attached hydrogens (tertiary/aromatic N) is 1. The molecule has 102 valence electrons. The summed E-state index contributed by atoms with van der Waals surface area (Å²) in [6.07, 6.45) is 2.09. The molecule has 0 unspecified atom stereocenters. The quantitative estimate of drug-likeness (QED) is 0.901. The molecule has 3 rings (SSSR count). The molecule has 2 atom stereocenters. The second-order valence-electron chi connectivity index (χ2n) is 6.28. The zero-order chi connectivity index (χ0) is 13.5. The van der Waals surface area contributed by atoms with Gasteiger partial charge in [-0.2, -0.15) is 0 Å². The number of carbonyl (C=O) groups is 1. The largest absolute Gasteiger partial charge is 0.341 e. The smallest absolute Gasteiger partial charge is 0.228 e. The van der Waals surface area contributed by atoms with Gasteiger partial charge in [0.15, 0.2) is 0 Å². The lowest BCUT2D eigenvalue weighted by atomic mass is 9.89. The van der Waals surface area contributed by atoms with Gasteiger partial charge in [-0.05, 0) is 30.9 Å². The summed E-state index contributed by atoms with van der Waals surface area (Å²) in [4.78, 5) is 14.5. The van der Waals surface area contributed by atoms with E-state index in [-0.39, 0.29) is 5.41 Å². The first kappa shape index (κ1) is 12.7. The molecule has 1 saturated carbocycles. The number of benzene rings is 1. The minimum atomic E-state index is -0.0648. The lowest BCUT2D eigenvalue weighted by Crippen LogP contribution is -2.35. The molecule has 1 amide bonds. The van der Waals surface area contributed by atoms with Crippen molar-refractivity contribution in [3.05, 3.63) is 35.9 Å². The van der Waals surface area contributed by atoms with Crippen molar-refractivity contribution in [2.75, 3.05) is 19.6 Å². The van der Waals surface area contributed by atoms with Crippen LogP contribution in [0.1, 0.15) is 31.2 Å². The molecule has 0 aromatic heterocycles. The highest BCUT2D eigenvalue weighted by molar-refractivity contribution is 5.85. The second-order valence-corrected chi connectivity index (χ2v) is 6.28. The SMILES string of the molecule is CC1(C(=O)N2C[C@@H](CN)[C@H](c3ccccc3)C2)CC1. The summed E-state index contributed by atoms with van der Waals surface area (Å²) in [6, 6.07) is 10.5. The number of likely N-dealkylation sites (tertiary alicyclic amines) is 1. The number of hydrogen-bond acceptors (Lipinski definition) is 2. The Morgan fingerprint density at radius 3 is 2.58 bits per heavy atom. The van der Waals surface area contributed by atoms with Gasteiger partial charge in [0.05, 0.1) is 0 Å². The number of nitrogens with two attached hydrogens (primary N) is 1. The van der Waals surface area contributed by atoms with Gasteiger partial charge in [0.2, 0.25) is 5.91 Å². The summed E-state index contributed by atoms with van der Waals surface area (Å²) in [5.41, 5.74) is 7.16. The molecule has 2 fully saturated rings. The Morgan fingerprint density at radius 2 is 2.00 bits per heavy atom. The minimum Gasteiger partial charge on any atom is -0.341 e. The van der Waals surface area contributed by atoms with Crippen molar-refractivity contribution in [1.82, 2.24) is 4.90 Å². The average molecular weight is 258 g/mol. The molecule has 0 bridgehead atoms. The Balaban J connectivity index is 1.77. The van der Waals surface area contributed by atoms with E-state index < -0.39 is 0 Å². The minimum absolute atomic E-state index is 0.0648. The first-order valence-corrected chi connectivity index (χ1v) is 7.18. The fourth-order valence-electron chi connectivity index (χ4n) is 3.14. The Hall–Kier alpha value is -1.35. The van der Waals surface area contributed by atoms with Crippen molar-refractivity contribution < 1.29 is 4.79 Å². The number of hydrogen-bond donors (Lipinski definition) is 1. The predicted molar refractivity (Wildman–Crippen MR) is 75.6 cm³/mol. The van der Waals surface area contributed by atoms with E-state index in [0.717, 1.165) is 25.9 Å². The van der Waals surface area contributed by atoms with Gasteiger partial charge in [0, 0.05) is 24.4 Å². The number of rotatable bonds is 3. The Bertz CT molecular complexity index is 467. The van der Waals surface area contributed by atoms with Crippen molar-refractivity contribution in [3.63, 3.8) is 0 Å². The van der Waals surface area contributed by atoms with Crippen LogP contribution < -0.4 is 5.73 Å². The summed E-state index contributed by atoms with van der Waals surface area (Å²) >= 11 is 0. The summed E-state index contributed by atoms with van der Waals surface area (Å²) in [6.45, 7) is 4.40. The van der Waals surface area contributed by atoms with Crippen LogP contribution >= 0.6 is 0 Å².